The number of aryl methyl sites for hydroxylation is 1. The SMILES string of the molecule is COc1ccc(NC(=O)Cc2ccc(-n3c4c(c5ncnc(N)c53)CCC4)cc2)cn1. The second-order valence-corrected chi connectivity index (χ2v) is 7.55. The molecule has 5 rings (SSSR count). The van der Waals surface area contributed by atoms with Gasteiger partial charge in [-0.1, -0.05) is 12.1 Å². The van der Waals surface area contributed by atoms with E-state index in [2.05, 4.69) is 24.8 Å². The molecular formula is C23H22N6O2. The van der Waals surface area contributed by atoms with Crippen molar-refractivity contribution in [2.24, 2.45) is 0 Å². The lowest BCUT2D eigenvalue weighted by Gasteiger charge is -2.11. The van der Waals surface area contributed by atoms with E-state index in [1.165, 1.54) is 17.6 Å². The minimum atomic E-state index is -0.107. The monoisotopic (exact) mass is 414 g/mol. The Morgan fingerprint density at radius 3 is 2.71 bits per heavy atom. The predicted molar refractivity (Wildman–Crippen MR) is 118 cm³/mol. The quantitative estimate of drug-likeness (QED) is 0.520. The Labute approximate surface area is 179 Å². The molecular weight excluding hydrogens is 392 g/mol. The number of nitrogens with zero attached hydrogens (tertiary/aromatic N) is 4. The molecule has 8 heteroatoms. The van der Waals surface area contributed by atoms with Gasteiger partial charge < -0.3 is 20.4 Å². The molecule has 0 unspecified atom stereocenters. The molecule has 4 aromatic rings. The van der Waals surface area contributed by atoms with Gasteiger partial charge in [0.15, 0.2) is 5.82 Å². The van der Waals surface area contributed by atoms with Crippen LogP contribution in [0.3, 0.4) is 0 Å². The lowest BCUT2D eigenvalue weighted by Crippen LogP contribution is -2.14. The van der Waals surface area contributed by atoms with Crippen LogP contribution in [0.1, 0.15) is 23.2 Å². The summed E-state index contributed by atoms with van der Waals surface area (Å²) in [4.78, 5) is 25.2. The third-order valence-electron chi connectivity index (χ3n) is 5.61. The topological polar surface area (TPSA) is 108 Å². The number of anilines is 2. The van der Waals surface area contributed by atoms with Crippen LogP contribution in [-0.4, -0.2) is 32.5 Å². The number of hydrogen-bond donors (Lipinski definition) is 2. The summed E-state index contributed by atoms with van der Waals surface area (Å²) in [5.41, 5.74) is 13.1. The van der Waals surface area contributed by atoms with Crippen LogP contribution in [0.15, 0.2) is 48.9 Å². The number of methoxy groups -OCH3 is 1. The predicted octanol–water partition coefficient (Wildman–Crippen LogP) is 3.08. The maximum absolute atomic E-state index is 12.4. The van der Waals surface area contributed by atoms with Crippen molar-refractivity contribution in [2.75, 3.05) is 18.2 Å². The lowest BCUT2D eigenvalue weighted by atomic mass is 10.1. The molecule has 0 saturated carbocycles. The van der Waals surface area contributed by atoms with Crippen molar-refractivity contribution in [1.82, 2.24) is 19.5 Å². The summed E-state index contributed by atoms with van der Waals surface area (Å²) in [6.07, 6.45) is 6.48. The summed E-state index contributed by atoms with van der Waals surface area (Å²) in [7, 11) is 1.55. The molecule has 3 aromatic heterocycles. The zero-order chi connectivity index (χ0) is 21.4. The number of amides is 1. The van der Waals surface area contributed by atoms with Crippen molar-refractivity contribution in [3.05, 3.63) is 65.7 Å². The van der Waals surface area contributed by atoms with Gasteiger partial charge in [0.2, 0.25) is 11.8 Å². The lowest BCUT2D eigenvalue weighted by molar-refractivity contribution is -0.115. The molecule has 8 nitrogen and oxygen atoms in total. The van der Waals surface area contributed by atoms with Gasteiger partial charge in [-0.15, -0.1) is 0 Å². The molecule has 0 atom stereocenters. The number of pyridine rings is 1. The second kappa shape index (κ2) is 7.71. The van der Waals surface area contributed by atoms with Gasteiger partial charge in [-0.25, -0.2) is 15.0 Å². The zero-order valence-corrected chi connectivity index (χ0v) is 17.1. The first-order chi connectivity index (χ1) is 15.1. The average Bonchev–Trinajstić information content (AvgIpc) is 3.37. The maximum Gasteiger partial charge on any atom is 0.228 e. The fraction of sp³-hybridized carbons (Fsp3) is 0.217. The highest BCUT2D eigenvalue weighted by Gasteiger charge is 2.25. The zero-order valence-electron chi connectivity index (χ0n) is 17.1. The molecule has 31 heavy (non-hydrogen) atoms. The molecule has 1 aromatic carbocycles. The highest BCUT2D eigenvalue weighted by molar-refractivity contribution is 5.93. The first-order valence-electron chi connectivity index (χ1n) is 10.2. The number of aromatic nitrogens is 4. The summed E-state index contributed by atoms with van der Waals surface area (Å²) in [5.74, 6) is 0.879. The Morgan fingerprint density at radius 1 is 1.13 bits per heavy atom. The fourth-order valence-corrected chi connectivity index (χ4v) is 4.21. The largest absolute Gasteiger partial charge is 0.481 e. The van der Waals surface area contributed by atoms with E-state index >= 15 is 0 Å². The van der Waals surface area contributed by atoms with Crippen LogP contribution >= 0.6 is 0 Å². The first-order valence-corrected chi connectivity index (χ1v) is 10.2. The third-order valence-corrected chi connectivity index (χ3v) is 5.61. The Balaban J connectivity index is 1.38. The van der Waals surface area contributed by atoms with Crippen molar-refractivity contribution >= 4 is 28.4 Å². The molecule has 0 spiro atoms. The van der Waals surface area contributed by atoms with Crippen LogP contribution in [-0.2, 0) is 24.1 Å². The standard InChI is InChI=1S/C23H22N6O2/c1-31-20-10-7-15(12-25-20)28-19(30)11-14-5-8-16(9-6-14)29-18-4-2-3-17(18)21-22(29)23(24)27-13-26-21/h5-10,12-13H,2-4,11H2,1H3,(H,28,30)(H2,24,26,27). The van der Waals surface area contributed by atoms with Crippen molar-refractivity contribution in [1.29, 1.82) is 0 Å². The summed E-state index contributed by atoms with van der Waals surface area (Å²) < 4.78 is 7.20. The minimum absolute atomic E-state index is 0.107. The van der Waals surface area contributed by atoms with E-state index in [-0.39, 0.29) is 12.3 Å². The molecule has 3 heterocycles. The van der Waals surface area contributed by atoms with E-state index in [9.17, 15) is 4.79 Å². The Bertz CT molecular complexity index is 1260. The van der Waals surface area contributed by atoms with Crippen LogP contribution in [0.25, 0.3) is 16.7 Å². The molecule has 156 valence electrons. The number of hydrogen-bond acceptors (Lipinski definition) is 6. The van der Waals surface area contributed by atoms with Crippen molar-refractivity contribution in [3.63, 3.8) is 0 Å². The summed E-state index contributed by atoms with van der Waals surface area (Å²) in [6, 6.07) is 11.4. The van der Waals surface area contributed by atoms with Gasteiger partial charge in [-0.2, -0.15) is 0 Å². The molecule has 1 amide bonds. The van der Waals surface area contributed by atoms with E-state index in [0.717, 1.165) is 41.5 Å². The van der Waals surface area contributed by atoms with E-state index < -0.39 is 0 Å². The number of carbonyl (C=O) groups is 1. The third kappa shape index (κ3) is 3.46. The van der Waals surface area contributed by atoms with Gasteiger partial charge in [-0.05, 0) is 48.6 Å². The molecule has 0 fully saturated rings. The Hall–Kier alpha value is -3.94. The van der Waals surface area contributed by atoms with E-state index in [0.29, 0.717) is 17.4 Å². The molecule has 0 radical (unpaired) electrons. The smallest absolute Gasteiger partial charge is 0.228 e. The first kappa shape index (κ1) is 19.0. The number of nitrogens with two attached hydrogens (primary N) is 1. The maximum atomic E-state index is 12.4. The summed E-state index contributed by atoms with van der Waals surface area (Å²) in [6.45, 7) is 0. The number of nitrogen functional groups attached to an aromatic ring is 1. The van der Waals surface area contributed by atoms with Crippen LogP contribution in [0.5, 0.6) is 5.88 Å². The number of carbonyl (C=O) groups excluding carboxylic acids is 1. The number of ether oxygens (including phenoxy) is 1. The molecule has 1 aliphatic rings. The fourth-order valence-electron chi connectivity index (χ4n) is 4.21. The van der Waals surface area contributed by atoms with Crippen LogP contribution in [0.4, 0.5) is 11.5 Å². The van der Waals surface area contributed by atoms with Gasteiger partial charge in [0.1, 0.15) is 11.8 Å². The van der Waals surface area contributed by atoms with Gasteiger partial charge in [0.25, 0.3) is 0 Å². The second-order valence-electron chi connectivity index (χ2n) is 7.55. The molecule has 0 aliphatic heterocycles. The summed E-state index contributed by atoms with van der Waals surface area (Å²) >= 11 is 0. The van der Waals surface area contributed by atoms with Gasteiger partial charge in [-0.3, -0.25) is 4.79 Å². The van der Waals surface area contributed by atoms with Crippen LogP contribution in [0, 0.1) is 0 Å². The Kier molecular flexibility index (Phi) is 4.74. The molecule has 0 bridgehead atoms. The van der Waals surface area contributed by atoms with Crippen LogP contribution < -0.4 is 15.8 Å². The van der Waals surface area contributed by atoms with E-state index in [1.807, 2.05) is 24.3 Å². The van der Waals surface area contributed by atoms with E-state index in [1.54, 1.807) is 25.4 Å². The normalized spacial score (nSPS) is 12.7. The number of nitrogens with one attached hydrogen (secondary N) is 1. The number of benzene rings is 1. The van der Waals surface area contributed by atoms with E-state index in [4.69, 9.17) is 10.5 Å². The van der Waals surface area contributed by atoms with Crippen molar-refractivity contribution in [3.8, 4) is 11.6 Å². The van der Waals surface area contributed by atoms with Gasteiger partial charge in [0.05, 0.1) is 30.9 Å². The van der Waals surface area contributed by atoms with Gasteiger partial charge >= 0.3 is 0 Å². The average molecular weight is 414 g/mol. The summed E-state index contributed by atoms with van der Waals surface area (Å²) in [5, 5.41) is 2.85. The molecule has 1 aliphatic carbocycles. The number of rotatable bonds is 5. The van der Waals surface area contributed by atoms with Gasteiger partial charge in [0, 0.05) is 17.4 Å². The van der Waals surface area contributed by atoms with Crippen molar-refractivity contribution in [2.45, 2.75) is 25.7 Å². The highest BCUT2D eigenvalue weighted by Crippen LogP contribution is 2.36. The Morgan fingerprint density at radius 2 is 1.97 bits per heavy atom. The molecule has 3 N–H and O–H groups in total. The highest BCUT2D eigenvalue weighted by atomic mass is 16.5. The molecule has 0 saturated heterocycles. The number of fused-ring (bicyclic) bond motifs is 3. The van der Waals surface area contributed by atoms with Crippen LogP contribution in [0.2, 0.25) is 0 Å². The van der Waals surface area contributed by atoms with Crippen molar-refractivity contribution < 1.29 is 9.53 Å². The minimum Gasteiger partial charge on any atom is -0.481 e.